The van der Waals surface area contributed by atoms with E-state index >= 15 is 0 Å². The van der Waals surface area contributed by atoms with E-state index < -0.39 is 0 Å². The maximum Gasteiger partial charge on any atom is 0.0496 e. The summed E-state index contributed by atoms with van der Waals surface area (Å²) >= 11 is 7.07. The summed E-state index contributed by atoms with van der Waals surface area (Å²) in [5.41, 5.74) is 3.67. The second-order valence-corrected chi connectivity index (χ2v) is 6.17. The average Bonchev–Trinajstić information content (AvgIpc) is 2.32. The molecule has 3 heteroatoms. The van der Waals surface area contributed by atoms with E-state index in [1.807, 2.05) is 0 Å². The lowest BCUT2D eigenvalue weighted by molar-refractivity contribution is 0.878. The largest absolute Gasteiger partial charge is 0.378 e. The predicted octanol–water partition coefficient (Wildman–Crippen LogP) is 5.69. The van der Waals surface area contributed by atoms with Crippen LogP contribution in [0.25, 0.3) is 0 Å². The molecule has 0 radical (unpaired) electrons. The van der Waals surface area contributed by atoms with Crippen LogP contribution >= 0.6 is 31.9 Å². The van der Waals surface area contributed by atoms with E-state index in [-0.39, 0.29) is 6.04 Å². The Labute approximate surface area is 125 Å². The zero-order valence-electron chi connectivity index (χ0n) is 10.4. The highest BCUT2D eigenvalue weighted by molar-refractivity contribution is 9.11. The molecule has 0 saturated carbocycles. The summed E-state index contributed by atoms with van der Waals surface area (Å²) in [4.78, 5) is 0. The molecule has 2 aromatic rings. The molecular formula is C15H15Br2N. The van der Waals surface area contributed by atoms with Crippen molar-refractivity contribution in [2.45, 2.75) is 19.9 Å². The Morgan fingerprint density at radius 2 is 1.67 bits per heavy atom. The highest BCUT2D eigenvalue weighted by Gasteiger charge is 2.09. The van der Waals surface area contributed by atoms with Gasteiger partial charge in [-0.25, -0.2) is 0 Å². The van der Waals surface area contributed by atoms with E-state index in [1.54, 1.807) is 0 Å². The normalized spacial score (nSPS) is 12.2. The zero-order valence-corrected chi connectivity index (χ0v) is 13.5. The molecule has 2 rings (SSSR count). The van der Waals surface area contributed by atoms with Gasteiger partial charge in [-0.1, -0.05) is 55.6 Å². The van der Waals surface area contributed by atoms with Crippen LogP contribution in [0.1, 0.15) is 24.1 Å². The summed E-state index contributed by atoms with van der Waals surface area (Å²) in [5, 5.41) is 3.50. The molecule has 0 aliphatic carbocycles. The summed E-state index contributed by atoms with van der Waals surface area (Å²) in [7, 11) is 0. The van der Waals surface area contributed by atoms with Crippen LogP contribution < -0.4 is 5.32 Å². The van der Waals surface area contributed by atoms with Gasteiger partial charge in [0.1, 0.15) is 0 Å². The van der Waals surface area contributed by atoms with Crippen LogP contribution in [0.5, 0.6) is 0 Å². The SMILES string of the molecule is Cc1ccc(NC(C)c2ccc(Br)cc2Br)cc1. The zero-order chi connectivity index (χ0) is 13.1. The van der Waals surface area contributed by atoms with Gasteiger partial charge in [-0.3, -0.25) is 0 Å². The van der Waals surface area contributed by atoms with Gasteiger partial charge < -0.3 is 5.32 Å². The van der Waals surface area contributed by atoms with Gasteiger partial charge in [0.2, 0.25) is 0 Å². The Kier molecular flexibility index (Phi) is 4.46. The van der Waals surface area contributed by atoms with Crippen LogP contribution in [-0.4, -0.2) is 0 Å². The Morgan fingerprint density at radius 3 is 2.28 bits per heavy atom. The smallest absolute Gasteiger partial charge is 0.0496 e. The lowest BCUT2D eigenvalue weighted by Gasteiger charge is -2.17. The summed E-state index contributed by atoms with van der Waals surface area (Å²) in [6.07, 6.45) is 0. The third-order valence-electron chi connectivity index (χ3n) is 2.86. The fraction of sp³-hybridized carbons (Fsp3) is 0.200. The number of anilines is 1. The van der Waals surface area contributed by atoms with Crippen molar-refractivity contribution in [3.05, 3.63) is 62.5 Å². The fourth-order valence-electron chi connectivity index (χ4n) is 1.83. The Balaban J connectivity index is 2.16. The average molecular weight is 369 g/mol. The van der Waals surface area contributed by atoms with Crippen molar-refractivity contribution in [3.8, 4) is 0 Å². The van der Waals surface area contributed by atoms with E-state index in [4.69, 9.17) is 0 Å². The molecule has 1 unspecified atom stereocenters. The third kappa shape index (κ3) is 3.36. The predicted molar refractivity (Wildman–Crippen MR) is 85.1 cm³/mol. The van der Waals surface area contributed by atoms with Crippen LogP contribution in [-0.2, 0) is 0 Å². The van der Waals surface area contributed by atoms with Crippen molar-refractivity contribution in [2.75, 3.05) is 5.32 Å². The van der Waals surface area contributed by atoms with Crippen molar-refractivity contribution < 1.29 is 0 Å². The minimum atomic E-state index is 0.259. The first-order valence-electron chi connectivity index (χ1n) is 5.84. The topological polar surface area (TPSA) is 12.0 Å². The molecular weight excluding hydrogens is 354 g/mol. The van der Waals surface area contributed by atoms with E-state index in [0.29, 0.717) is 0 Å². The van der Waals surface area contributed by atoms with Crippen molar-refractivity contribution in [2.24, 2.45) is 0 Å². The molecule has 18 heavy (non-hydrogen) atoms. The maximum absolute atomic E-state index is 3.60. The third-order valence-corrected chi connectivity index (χ3v) is 4.04. The molecule has 1 N–H and O–H groups in total. The molecule has 0 spiro atoms. The van der Waals surface area contributed by atoms with Gasteiger partial charge in [0, 0.05) is 20.7 Å². The molecule has 0 fully saturated rings. The van der Waals surface area contributed by atoms with Crippen LogP contribution in [0.2, 0.25) is 0 Å². The molecule has 0 amide bonds. The second kappa shape index (κ2) is 5.89. The molecule has 0 heterocycles. The highest BCUT2D eigenvalue weighted by atomic mass is 79.9. The number of rotatable bonds is 3. The van der Waals surface area contributed by atoms with Gasteiger partial charge in [0.15, 0.2) is 0 Å². The summed E-state index contributed by atoms with van der Waals surface area (Å²) < 4.78 is 2.20. The summed E-state index contributed by atoms with van der Waals surface area (Å²) in [6, 6.07) is 15.0. The minimum absolute atomic E-state index is 0.259. The van der Waals surface area contributed by atoms with Crippen molar-refractivity contribution in [1.29, 1.82) is 0 Å². The van der Waals surface area contributed by atoms with Gasteiger partial charge in [-0.2, -0.15) is 0 Å². The first kappa shape index (κ1) is 13.6. The molecule has 2 aromatic carbocycles. The monoisotopic (exact) mass is 367 g/mol. The first-order chi connectivity index (χ1) is 8.56. The number of halogens is 2. The van der Waals surface area contributed by atoms with Crippen molar-refractivity contribution in [1.82, 2.24) is 0 Å². The molecule has 0 aromatic heterocycles. The van der Waals surface area contributed by atoms with Crippen LogP contribution in [0.4, 0.5) is 5.69 Å². The van der Waals surface area contributed by atoms with Gasteiger partial charge in [-0.15, -0.1) is 0 Å². The first-order valence-corrected chi connectivity index (χ1v) is 7.43. The molecule has 0 aliphatic rings. The molecule has 1 nitrogen and oxygen atoms in total. The van der Waals surface area contributed by atoms with Gasteiger partial charge in [-0.05, 0) is 43.7 Å². The Morgan fingerprint density at radius 1 is 1.00 bits per heavy atom. The van der Waals surface area contributed by atoms with Crippen molar-refractivity contribution >= 4 is 37.5 Å². The molecule has 1 atom stereocenters. The number of nitrogens with one attached hydrogen (secondary N) is 1. The number of hydrogen-bond acceptors (Lipinski definition) is 1. The van der Waals surface area contributed by atoms with Crippen LogP contribution in [0, 0.1) is 6.92 Å². The Hall–Kier alpha value is -0.800. The van der Waals surface area contributed by atoms with Gasteiger partial charge in [0.25, 0.3) is 0 Å². The minimum Gasteiger partial charge on any atom is -0.378 e. The molecule has 94 valence electrons. The van der Waals surface area contributed by atoms with Crippen LogP contribution in [0.15, 0.2) is 51.4 Å². The van der Waals surface area contributed by atoms with Gasteiger partial charge >= 0.3 is 0 Å². The fourth-order valence-corrected chi connectivity index (χ4v) is 3.22. The molecule has 0 bridgehead atoms. The number of aryl methyl sites for hydroxylation is 1. The maximum atomic E-state index is 3.60. The number of benzene rings is 2. The summed E-state index contributed by atoms with van der Waals surface area (Å²) in [6.45, 7) is 4.26. The van der Waals surface area contributed by atoms with Crippen molar-refractivity contribution in [3.63, 3.8) is 0 Å². The van der Waals surface area contributed by atoms with E-state index in [9.17, 15) is 0 Å². The second-order valence-electron chi connectivity index (χ2n) is 4.40. The van der Waals surface area contributed by atoms with E-state index in [1.165, 1.54) is 11.1 Å². The lowest BCUT2D eigenvalue weighted by atomic mass is 10.1. The Bertz CT molecular complexity index is 535. The highest BCUT2D eigenvalue weighted by Crippen LogP contribution is 2.28. The standard InChI is InChI=1S/C15H15Br2N/c1-10-3-6-13(7-4-10)18-11(2)14-8-5-12(16)9-15(14)17/h3-9,11,18H,1-2H3. The van der Waals surface area contributed by atoms with E-state index in [0.717, 1.165) is 14.6 Å². The summed E-state index contributed by atoms with van der Waals surface area (Å²) in [5.74, 6) is 0. The van der Waals surface area contributed by atoms with E-state index in [2.05, 4.69) is 93.5 Å². The van der Waals surface area contributed by atoms with Gasteiger partial charge in [0.05, 0.1) is 0 Å². The quantitative estimate of drug-likeness (QED) is 0.733. The van der Waals surface area contributed by atoms with Crippen LogP contribution in [0.3, 0.4) is 0 Å². The lowest BCUT2D eigenvalue weighted by Crippen LogP contribution is -2.07. The number of hydrogen-bond donors (Lipinski definition) is 1. The molecule has 0 aliphatic heterocycles. The molecule has 0 saturated heterocycles.